The van der Waals surface area contributed by atoms with Gasteiger partial charge >= 0.3 is 12.0 Å². The fourth-order valence-electron chi connectivity index (χ4n) is 1.73. The standard InChI is InChI=1S/C12H20N2O3/c1-2-3-7-10(11(15)16)13-12(17)14-8-5-4-6-9-14/h4-5,10H,2-3,6-9H2,1H3,(H,13,17)(H,15,16)/t10-/m0/s1. The molecule has 0 unspecified atom stereocenters. The molecule has 0 aromatic heterocycles. The molecule has 0 radical (unpaired) electrons. The average molecular weight is 240 g/mol. The third-order valence-corrected chi connectivity index (χ3v) is 2.79. The van der Waals surface area contributed by atoms with Gasteiger partial charge in [-0.3, -0.25) is 0 Å². The molecule has 5 heteroatoms. The topological polar surface area (TPSA) is 69.6 Å². The van der Waals surface area contributed by atoms with Gasteiger partial charge in [0.15, 0.2) is 0 Å². The number of hydrogen-bond acceptors (Lipinski definition) is 2. The summed E-state index contributed by atoms with van der Waals surface area (Å²) in [7, 11) is 0. The maximum Gasteiger partial charge on any atom is 0.326 e. The van der Waals surface area contributed by atoms with Gasteiger partial charge in [0.2, 0.25) is 0 Å². The second kappa shape index (κ2) is 6.93. The van der Waals surface area contributed by atoms with Crippen molar-refractivity contribution in [1.82, 2.24) is 10.2 Å². The number of carbonyl (C=O) groups excluding carboxylic acids is 1. The van der Waals surface area contributed by atoms with Crippen molar-refractivity contribution in [3.63, 3.8) is 0 Å². The number of aliphatic carboxylic acids is 1. The Morgan fingerprint density at radius 3 is 2.76 bits per heavy atom. The lowest BCUT2D eigenvalue weighted by Crippen LogP contribution is -2.48. The van der Waals surface area contributed by atoms with Crippen LogP contribution in [0.25, 0.3) is 0 Å². The number of nitrogens with one attached hydrogen (secondary N) is 1. The van der Waals surface area contributed by atoms with Gasteiger partial charge in [0.25, 0.3) is 0 Å². The summed E-state index contributed by atoms with van der Waals surface area (Å²) in [4.78, 5) is 24.4. The molecule has 96 valence electrons. The monoisotopic (exact) mass is 240 g/mol. The highest BCUT2D eigenvalue weighted by Gasteiger charge is 2.22. The Labute approximate surface area is 101 Å². The second-order valence-corrected chi connectivity index (χ2v) is 4.19. The maximum atomic E-state index is 11.8. The molecular formula is C12H20N2O3. The fourth-order valence-corrected chi connectivity index (χ4v) is 1.73. The predicted octanol–water partition coefficient (Wildman–Crippen LogP) is 1.60. The van der Waals surface area contributed by atoms with Crippen molar-refractivity contribution in [3.05, 3.63) is 12.2 Å². The van der Waals surface area contributed by atoms with Crippen LogP contribution in [-0.4, -0.2) is 41.1 Å². The number of hydrogen-bond donors (Lipinski definition) is 2. The molecule has 1 aliphatic heterocycles. The molecule has 0 saturated carbocycles. The van der Waals surface area contributed by atoms with E-state index in [0.717, 1.165) is 19.3 Å². The maximum absolute atomic E-state index is 11.8. The Morgan fingerprint density at radius 2 is 2.24 bits per heavy atom. The molecule has 1 atom stereocenters. The Morgan fingerprint density at radius 1 is 1.47 bits per heavy atom. The van der Waals surface area contributed by atoms with Crippen LogP contribution in [0, 0.1) is 0 Å². The lowest BCUT2D eigenvalue weighted by molar-refractivity contribution is -0.139. The first-order valence-electron chi connectivity index (χ1n) is 6.08. The lowest BCUT2D eigenvalue weighted by Gasteiger charge is -2.25. The molecule has 0 aliphatic carbocycles. The molecule has 1 aliphatic rings. The molecule has 0 spiro atoms. The average Bonchev–Trinajstić information content (AvgIpc) is 2.35. The van der Waals surface area contributed by atoms with Gasteiger partial charge in [-0.2, -0.15) is 0 Å². The van der Waals surface area contributed by atoms with Gasteiger partial charge in [-0.05, 0) is 12.8 Å². The van der Waals surface area contributed by atoms with E-state index in [1.165, 1.54) is 0 Å². The number of rotatable bonds is 5. The van der Waals surface area contributed by atoms with Crippen molar-refractivity contribution in [3.8, 4) is 0 Å². The van der Waals surface area contributed by atoms with Crippen molar-refractivity contribution < 1.29 is 14.7 Å². The molecule has 1 heterocycles. The van der Waals surface area contributed by atoms with Crippen LogP contribution in [0.15, 0.2) is 12.2 Å². The van der Waals surface area contributed by atoms with Gasteiger partial charge in [0.05, 0.1) is 0 Å². The molecule has 17 heavy (non-hydrogen) atoms. The zero-order valence-electron chi connectivity index (χ0n) is 10.2. The minimum atomic E-state index is -0.959. The van der Waals surface area contributed by atoms with Crippen molar-refractivity contribution in [2.75, 3.05) is 13.1 Å². The quantitative estimate of drug-likeness (QED) is 0.717. The van der Waals surface area contributed by atoms with E-state index in [4.69, 9.17) is 5.11 Å². The van der Waals surface area contributed by atoms with E-state index < -0.39 is 12.0 Å². The van der Waals surface area contributed by atoms with Gasteiger partial charge in [-0.25, -0.2) is 9.59 Å². The number of unbranched alkanes of at least 4 members (excludes halogenated alkanes) is 1. The van der Waals surface area contributed by atoms with Crippen LogP contribution < -0.4 is 5.32 Å². The number of carboxylic acid groups (broad SMARTS) is 1. The van der Waals surface area contributed by atoms with Crippen LogP contribution in [0.2, 0.25) is 0 Å². The molecule has 5 nitrogen and oxygen atoms in total. The third-order valence-electron chi connectivity index (χ3n) is 2.79. The smallest absolute Gasteiger partial charge is 0.326 e. The lowest BCUT2D eigenvalue weighted by atomic mass is 10.1. The van der Waals surface area contributed by atoms with Gasteiger partial charge in [0, 0.05) is 13.1 Å². The summed E-state index contributed by atoms with van der Waals surface area (Å²) in [5.41, 5.74) is 0. The van der Waals surface area contributed by atoms with Crippen molar-refractivity contribution in [1.29, 1.82) is 0 Å². The van der Waals surface area contributed by atoms with Crippen LogP contribution in [-0.2, 0) is 4.79 Å². The van der Waals surface area contributed by atoms with Gasteiger partial charge in [-0.1, -0.05) is 31.9 Å². The molecule has 0 bridgehead atoms. The van der Waals surface area contributed by atoms with Crippen LogP contribution in [0.5, 0.6) is 0 Å². The van der Waals surface area contributed by atoms with E-state index in [-0.39, 0.29) is 6.03 Å². The molecule has 0 fully saturated rings. The molecular weight excluding hydrogens is 220 g/mol. The van der Waals surface area contributed by atoms with E-state index in [0.29, 0.717) is 19.5 Å². The first kappa shape index (κ1) is 13.5. The van der Waals surface area contributed by atoms with E-state index in [1.54, 1.807) is 4.90 Å². The third kappa shape index (κ3) is 4.46. The largest absolute Gasteiger partial charge is 0.480 e. The summed E-state index contributed by atoms with van der Waals surface area (Å²) in [5.74, 6) is -0.959. The number of nitrogens with zero attached hydrogens (tertiary/aromatic N) is 1. The molecule has 0 aromatic rings. The summed E-state index contributed by atoms with van der Waals surface area (Å²) >= 11 is 0. The molecule has 0 aromatic carbocycles. The van der Waals surface area contributed by atoms with Gasteiger partial charge in [-0.15, -0.1) is 0 Å². The SMILES string of the molecule is CCCC[C@H](NC(=O)N1CC=CCC1)C(=O)O. The zero-order chi connectivity index (χ0) is 12.7. The highest BCUT2D eigenvalue weighted by molar-refractivity contribution is 5.82. The molecule has 2 amide bonds. The van der Waals surface area contributed by atoms with E-state index in [1.807, 2.05) is 19.1 Å². The highest BCUT2D eigenvalue weighted by atomic mass is 16.4. The first-order chi connectivity index (χ1) is 8.15. The predicted molar refractivity (Wildman–Crippen MR) is 64.8 cm³/mol. The summed E-state index contributed by atoms with van der Waals surface area (Å²) in [6, 6.07) is -1.05. The summed E-state index contributed by atoms with van der Waals surface area (Å²) in [6.45, 7) is 3.21. The van der Waals surface area contributed by atoms with Gasteiger partial charge in [0.1, 0.15) is 6.04 Å². The minimum absolute atomic E-state index is 0.280. The molecule has 1 rings (SSSR count). The Balaban J connectivity index is 2.45. The highest BCUT2D eigenvalue weighted by Crippen LogP contribution is 2.05. The van der Waals surface area contributed by atoms with E-state index in [9.17, 15) is 9.59 Å². The van der Waals surface area contributed by atoms with Crippen molar-refractivity contribution in [2.24, 2.45) is 0 Å². The second-order valence-electron chi connectivity index (χ2n) is 4.19. The Kier molecular flexibility index (Phi) is 5.52. The first-order valence-corrected chi connectivity index (χ1v) is 6.08. The van der Waals surface area contributed by atoms with Gasteiger partial charge < -0.3 is 15.3 Å². The number of urea groups is 1. The molecule has 0 saturated heterocycles. The number of amides is 2. The summed E-state index contributed by atoms with van der Waals surface area (Å²) in [5, 5.41) is 11.6. The van der Waals surface area contributed by atoms with Crippen molar-refractivity contribution in [2.45, 2.75) is 38.6 Å². The van der Waals surface area contributed by atoms with Crippen molar-refractivity contribution >= 4 is 12.0 Å². The Bertz CT molecular complexity index is 302. The number of carbonyl (C=O) groups is 2. The fraction of sp³-hybridized carbons (Fsp3) is 0.667. The van der Waals surface area contributed by atoms with E-state index in [2.05, 4.69) is 5.32 Å². The zero-order valence-corrected chi connectivity index (χ0v) is 10.2. The van der Waals surface area contributed by atoms with Crippen LogP contribution in [0.1, 0.15) is 32.6 Å². The summed E-state index contributed by atoms with van der Waals surface area (Å²) < 4.78 is 0. The van der Waals surface area contributed by atoms with E-state index >= 15 is 0 Å². The minimum Gasteiger partial charge on any atom is -0.480 e. The van der Waals surface area contributed by atoms with Crippen LogP contribution in [0.4, 0.5) is 4.79 Å². The molecule has 2 N–H and O–H groups in total. The van der Waals surface area contributed by atoms with Crippen LogP contribution >= 0.6 is 0 Å². The van der Waals surface area contributed by atoms with Crippen LogP contribution in [0.3, 0.4) is 0 Å². The number of carboxylic acids is 1. The normalized spacial score (nSPS) is 16.6. The summed E-state index contributed by atoms with van der Waals surface area (Å²) in [6.07, 6.45) is 6.99. The Hall–Kier alpha value is -1.52.